The first kappa shape index (κ1) is 19.0. The van der Waals surface area contributed by atoms with Crippen LogP contribution in [0.2, 0.25) is 0 Å². The summed E-state index contributed by atoms with van der Waals surface area (Å²) in [6.45, 7) is 1.47. The molecule has 140 valence electrons. The average molecular weight is 373 g/mol. The number of benzene rings is 3. The van der Waals surface area contributed by atoms with Crippen LogP contribution < -0.4 is 5.32 Å². The third kappa shape index (κ3) is 4.71. The number of hydrogen-bond acceptors (Lipinski definition) is 4. The van der Waals surface area contributed by atoms with Gasteiger partial charge in [-0.25, -0.2) is 4.79 Å². The zero-order valence-electron chi connectivity index (χ0n) is 15.3. The van der Waals surface area contributed by atoms with Crippen molar-refractivity contribution in [2.75, 3.05) is 11.9 Å². The molecule has 0 bridgehead atoms. The van der Waals surface area contributed by atoms with Crippen LogP contribution in [0.15, 0.2) is 78.9 Å². The van der Waals surface area contributed by atoms with E-state index in [0.29, 0.717) is 11.3 Å². The van der Waals surface area contributed by atoms with Crippen LogP contribution in [0.4, 0.5) is 5.69 Å². The molecule has 5 nitrogen and oxygen atoms in total. The molecule has 0 aliphatic carbocycles. The molecule has 0 atom stereocenters. The van der Waals surface area contributed by atoms with E-state index in [0.717, 1.165) is 5.56 Å². The Hall–Kier alpha value is -3.73. The Kier molecular flexibility index (Phi) is 5.97. The number of ketones is 1. The third-order valence-electron chi connectivity index (χ3n) is 4.06. The SMILES string of the molecule is Cc1cccc(NC(=O)COC(=O)c2ccccc2C(=O)c2ccccc2)c1. The van der Waals surface area contributed by atoms with Crippen LogP contribution in [-0.2, 0) is 9.53 Å². The van der Waals surface area contributed by atoms with E-state index in [1.807, 2.05) is 31.2 Å². The number of hydrogen-bond donors (Lipinski definition) is 1. The molecule has 0 spiro atoms. The highest BCUT2D eigenvalue weighted by molar-refractivity contribution is 6.14. The zero-order chi connectivity index (χ0) is 19.9. The van der Waals surface area contributed by atoms with E-state index < -0.39 is 18.5 Å². The van der Waals surface area contributed by atoms with Gasteiger partial charge in [0, 0.05) is 16.8 Å². The van der Waals surface area contributed by atoms with E-state index in [4.69, 9.17) is 4.74 Å². The fourth-order valence-corrected chi connectivity index (χ4v) is 2.73. The van der Waals surface area contributed by atoms with E-state index in [9.17, 15) is 14.4 Å². The molecule has 0 unspecified atom stereocenters. The highest BCUT2D eigenvalue weighted by Gasteiger charge is 2.19. The van der Waals surface area contributed by atoms with Crippen molar-refractivity contribution in [1.82, 2.24) is 0 Å². The molecule has 1 N–H and O–H groups in total. The van der Waals surface area contributed by atoms with Crippen molar-refractivity contribution in [3.05, 3.63) is 101 Å². The smallest absolute Gasteiger partial charge is 0.339 e. The first-order valence-electron chi connectivity index (χ1n) is 8.77. The maximum atomic E-state index is 12.7. The molecule has 5 heteroatoms. The summed E-state index contributed by atoms with van der Waals surface area (Å²) < 4.78 is 5.12. The molecule has 0 heterocycles. The number of rotatable bonds is 6. The lowest BCUT2D eigenvalue weighted by molar-refractivity contribution is -0.119. The molecule has 3 aromatic carbocycles. The number of amides is 1. The van der Waals surface area contributed by atoms with Crippen LogP contribution >= 0.6 is 0 Å². The number of esters is 1. The van der Waals surface area contributed by atoms with Crippen LogP contribution in [0.5, 0.6) is 0 Å². The second kappa shape index (κ2) is 8.77. The number of ether oxygens (including phenoxy) is 1. The van der Waals surface area contributed by atoms with E-state index in [2.05, 4.69) is 5.32 Å². The summed E-state index contributed by atoms with van der Waals surface area (Å²) >= 11 is 0. The summed E-state index contributed by atoms with van der Waals surface area (Å²) in [4.78, 5) is 37.2. The summed E-state index contributed by atoms with van der Waals surface area (Å²) in [5.74, 6) is -1.46. The van der Waals surface area contributed by atoms with Crippen molar-refractivity contribution < 1.29 is 19.1 Å². The van der Waals surface area contributed by atoms with Gasteiger partial charge in [-0.2, -0.15) is 0 Å². The molecule has 28 heavy (non-hydrogen) atoms. The molecule has 0 aliphatic heterocycles. The molecule has 0 radical (unpaired) electrons. The van der Waals surface area contributed by atoms with Crippen molar-refractivity contribution in [2.24, 2.45) is 0 Å². The number of nitrogens with one attached hydrogen (secondary N) is 1. The Morgan fingerprint density at radius 3 is 2.21 bits per heavy atom. The molecule has 0 aliphatic rings. The topological polar surface area (TPSA) is 72.5 Å². The van der Waals surface area contributed by atoms with E-state index in [-0.39, 0.29) is 16.9 Å². The molecule has 0 saturated heterocycles. The number of carbonyl (C=O) groups excluding carboxylic acids is 3. The second-order valence-corrected chi connectivity index (χ2v) is 6.23. The lowest BCUT2D eigenvalue weighted by atomic mass is 9.98. The highest BCUT2D eigenvalue weighted by atomic mass is 16.5. The molecule has 0 aromatic heterocycles. The van der Waals surface area contributed by atoms with Gasteiger partial charge in [0.2, 0.25) is 0 Å². The minimum absolute atomic E-state index is 0.125. The van der Waals surface area contributed by atoms with Crippen molar-refractivity contribution >= 4 is 23.3 Å². The fourth-order valence-electron chi connectivity index (χ4n) is 2.73. The van der Waals surface area contributed by atoms with Crippen LogP contribution in [0.25, 0.3) is 0 Å². The lowest BCUT2D eigenvalue weighted by Gasteiger charge is -2.10. The number of carbonyl (C=O) groups is 3. The first-order valence-corrected chi connectivity index (χ1v) is 8.77. The standard InChI is InChI=1S/C23H19NO4/c1-16-8-7-11-18(14-16)24-21(25)15-28-23(27)20-13-6-5-12-19(20)22(26)17-9-3-2-4-10-17/h2-14H,15H2,1H3,(H,24,25). The van der Waals surface area contributed by atoms with Crippen molar-refractivity contribution in [3.63, 3.8) is 0 Å². The second-order valence-electron chi connectivity index (χ2n) is 6.23. The lowest BCUT2D eigenvalue weighted by Crippen LogP contribution is -2.22. The van der Waals surface area contributed by atoms with Crippen molar-refractivity contribution in [3.8, 4) is 0 Å². The average Bonchev–Trinajstić information content (AvgIpc) is 2.72. The summed E-state index contributed by atoms with van der Waals surface area (Å²) in [5.41, 5.74) is 2.46. The van der Waals surface area contributed by atoms with E-state index in [1.165, 1.54) is 6.07 Å². The number of anilines is 1. The highest BCUT2D eigenvalue weighted by Crippen LogP contribution is 2.16. The van der Waals surface area contributed by atoms with E-state index >= 15 is 0 Å². The number of aryl methyl sites for hydroxylation is 1. The van der Waals surface area contributed by atoms with Gasteiger partial charge in [-0.3, -0.25) is 9.59 Å². The summed E-state index contributed by atoms with van der Waals surface area (Å²) in [5, 5.41) is 2.67. The predicted octanol–water partition coefficient (Wildman–Crippen LogP) is 4.02. The van der Waals surface area contributed by atoms with Crippen LogP contribution in [0.3, 0.4) is 0 Å². The molecule has 0 fully saturated rings. The quantitative estimate of drug-likeness (QED) is 0.523. The third-order valence-corrected chi connectivity index (χ3v) is 4.06. The van der Waals surface area contributed by atoms with Gasteiger partial charge in [-0.05, 0) is 30.7 Å². The molecule has 0 saturated carbocycles. The normalized spacial score (nSPS) is 10.2. The van der Waals surface area contributed by atoms with Gasteiger partial charge in [0.15, 0.2) is 12.4 Å². The van der Waals surface area contributed by atoms with Gasteiger partial charge in [-0.15, -0.1) is 0 Å². The predicted molar refractivity (Wildman–Crippen MR) is 106 cm³/mol. The molecular formula is C23H19NO4. The summed E-state index contributed by atoms with van der Waals surface area (Å²) in [6.07, 6.45) is 0. The van der Waals surface area contributed by atoms with Gasteiger partial charge in [0.05, 0.1) is 5.56 Å². The molecule has 1 amide bonds. The summed E-state index contributed by atoms with van der Waals surface area (Å²) in [7, 11) is 0. The molecule has 3 rings (SSSR count). The Morgan fingerprint density at radius 2 is 1.50 bits per heavy atom. The van der Waals surface area contributed by atoms with Gasteiger partial charge < -0.3 is 10.1 Å². The largest absolute Gasteiger partial charge is 0.452 e. The maximum Gasteiger partial charge on any atom is 0.339 e. The fraction of sp³-hybridized carbons (Fsp3) is 0.0870. The maximum absolute atomic E-state index is 12.7. The van der Waals surface area contributed by atoms with E-state index in [1.54, 1.807) is 48.5 Å². The first-order chi connectivity index (χ1) is 13.5. The molecular weight excluding hydrogens is 354 g/mol. The van der Waals surface area contributed by atoms with Crippen LogP contribution in [0.1, 0.15) is 31.8 Å². The van der Waals surface area contributed by atoms with Crippen molar-refractivity contribution in [2.45, 2.75) is 6.92 Å². The minimum Gasteiger partial charge on any atom is -0.452 e. The Balaban J connectivity index is 1.68. The van der Waals surface area contributed by atoms with Crippen LogP contribution in [-0.4, -0.2) is 24.3 Å². The zero-order valence-corrected chi connectivity index (χ0v) is 15.3. The van der Waals surface area contributed by atoms with Gasteiger partial charge >= 0.3 is 5.97 Å². The minimum atomic E-state index is -0.723. The Labute approximate surface area is 163 Å². The van der Waals surface area contributed by atoms with Crippen molar-refractivity contribution in [1.29, 1.82) is 0 Å². The summed E-state index contributed by atoms with van der Waals surface area (Å²) in [6, 6.07) is 22.4. The Bertz CT molecular complexity index is 1010. The van der Waals surface area contributed by atoms with Gasteiger partial charge in [0.25, 0.3) is 5.91 Å². The van der Waals surface area contributed by atoms with Gasteiger partial charge in [-0.1, -0.05) is 60.7 Å². The monoisotopic (exact) mass is 373 g/mol. The Morgan fingerprint density at radius 1 is 0.821 bits per heavy atom. The van der Waals surface area contributed by atoms with Gasteiger partial charge in [0.1, 0.15) is 0 Å². The molecule has 3 aromatic rings. The van der Waals surface area contributed by atoms with Crippen LogP contribution in [0, 0.1) is 6.92 Å².